The van der Waals surface area contributed by atoms with Crippen LogP contribution in [0.3, 0.4) is 0 Å². The van der Waals surface area contributed by atoms with Crippen LogP contribution in [0.25, 0.3) is 0 Å². The summed E-state index contributed by atoms with van der Waals surface area (Å²) < 4.78 is 5.15. The highest BCUT2D eigenvalue weighted by Crippen LogP contribution is 2.27. The number of carbonyl (C=O) groups excluding carboxylic acids is 1. The number of likely N-dealkylation sites (N-methyl/N-ethyl adjacent to an activating group) is 1. The highest BCUT2D eigenvalue weighted by Gasteiger charge is 2.21. The fourth-order valence-electron chi connectivity index (χ4n) is 3.24. The van der Waals surface area contributed by atoms with Crippen molar-refractivity contribution in [3.8, 4) is 0 Å². The second-order valence-corrected chi connectivity index (χ2v) is 6.77. The van der Waals surface area contributed by atoms with Crippen LogP contribution in [0.4, 0.5) is 0 Å². The van der Waals surface area contributed by atoms with E-state index in [-0.39, 0.29) is 11.9 Å². The minimum Gasteiger partial charge on any atom is -0.361 e. The van der Waals surface area contributed by atoms with E-state index in [0.29, 0.717) is 19.4 Å². The van der Waals surface area contributed by atoms with Gasteiger partial charge in [-0.1, -0.05) is 48.8 Å². The zero-order valence-electron chi connectivity index (χ0n) is 16.0. The highest BCUT2D eigenvalue weighted by molar-refractivity contribution is 6.31. The van der Waals surface area contributed by atoms with E-state index in [1.54, 1.807) is 0 Å². The van der Waals surface area contributed by atoms with Gasteiger partial charge < -0.3 is 9.84 Å². The van der Waals surface area contributed by atoms with E-state index in [1.807, 2.05) is 38.1 Å². The quantitative estimate of drug-likeness (QED) is 0.715. The van der Waals surface area contributed by atoms with Gasteiger partial charge in [-0.25, -0.2) is 0 Å². The van der Waals surface area contributed by atoms with Crippen LogP contribution in [0, 0.1) is 13.8 Å². The topological polar surface area (TPSA) is 58.4 Å². The van der Waals surface area contributed by atoms with E-state index in [2.05, 4.69) is 29.2 Å². The Bertz CT molecular complexity index is 706. The molecule has 1 aromatic heterocycles. The first kappa shape index (κ1) is 20.5. The molecular weight excluding hydrogens is 350 g/mol. The first-order chi connectivity index (χ1) is 12.5. The van der Waals surface area contributed by atoms with Gasteiger partial charge in [0.05, 0.1) is 11.7 Å². The van der Waals surface area contributed by atoms with Crippen molar-refractivity contribution in [2.24, 2.45) is 0 Å². The van der Waals surface area contributed by atoms with Gasteiger partial charge in [0.15, 0.2) is 0 Å². The number of aromatic nitrogens is 1. The van der Waals surface area contributed by atoms with Gasteiger partial charge in [-0.15, -0.1) is 0 Å². The van der Waals surface area contributed by atoms with Gasteiger partial charge in [-0.2, -0.15) is 0 Å². The second kappa shape index (κ2) is 9.74. The molecule has 6 heteroatoms. The molecule has 0 aliphatic rings. The van der Waals surface area contributed by atoms with Crippen LogP contribution in [-0.2, 0) is 11.2 Å². The fraction of sp³-hybridized carbons (Fsp3) is 0.500. The summed E-state index contributed by atoms with van der Waals surface area (Å²) in [6.07, 6.45) is 1.05. The molecule has 26 heavy (non-hydrogen) atoms. The summed E-state index contributed by atoms with van der Waals surface area (Å²) >= 11 is 6.40. The van der Waals surface area contributed by atoms with Gasteiger partial charge >= 0.3 is 0 Å². The molecule has 0 saturated carbocycles. The number of halogens is 1. The highest BCUT2D eigenvalue weighted by atomic mass is 35.5. The SMILES string of the molecule is CCN(CC)[C@H](CNC(=O)CCc1c(C)noc1C)c1ccccc1Cl. The number of nitrogens with one attached hydrogen (secondary N) is 1. The average molecular weight is 378 g/mol. The molecule has 0 unspecified atom stereocenters. The minimum absolute atomic E-state index is 0.0224. The third-order valence-electron chi connectivity index (χ3n) is 4.79. The van der Waals surface area contributed by atoms with Gasteiger partial charge in [0.2, 0.25) is 5.91 Å². The Kier molecular flexibility index (Phi) is 7.66. The molecule has 2 aromatic rings. The maximum atomic E-state index is 12.4. The lowest BCUT2D eigenvalue weighted by molar-refractivity contribution is -0.121. The van der Waals surface area contributed by atoms with Crippen LogP contribution >= 0.6 is 11.6 Å². The van der Waals surface area contributed by atoms with Gasteiger partial charge in [-0.3, -0.25) is 9.69 Å². The third kappa shape index (κ3) is 5.08. The van der Waals surface area contributed by atoms with Crippen LogP contribution in [0.5, 0.6) is 0 Å². The smallest absolute Gasteiger partial charge is 0.220 e. The Labute approximate surface area is 160 Å². The van der Waals surface area contributed by atoms with Gasteiger partial charge in [-0.05, 0) is 45.0 Å². The van der Waals surface area contributed by atoms with Gasteiger partial charge in [0.1, 0.15) is 5.76 Å². The second-order valence-electron chi connectivity index (χ2n) is 6.37. The largest absolute Gasteiger partial charge is 0.361 e. The molecule has 2 rings (SSSR count). The third-order valence-corrected chi connectivity index (χ3v) is 5.14. The molecule has 1 aromatic carbocycles. The van der Waals surface area contributed by atoms with E-state index in [0.717, 1.165) is 40.7 Å². The molecule has 1 heterocycles. The monoisotopic (exact) mass is 377 g/mol. The van der Waals surface area contributed by atoms with Crippen molar-refractivity contribution in [3.05, 3.63) is 51.9 Å². The van der Waals surface area contributed by atoms with Crippen molar-refractivity contribution in [1.82, 2.24) is 15.4 Å². The van der Waals surface area contributed by atoms with Crippen LogP contribution in [-0.4, -0.2) is 35.6 Å². The predicted octanol–water partition coefficient (Wildman–Crippen LogP) is 4.08. The van der Waals surface area contributed by atoms with Crippen LogP contribution in [0.1, 0.15) is 48.9 Å². The van der Waals surface area contributed by atoms with Crippen LogP contribution < -0.4 is 5.32 Å². The molecular formula is C20H28ClN3O2. The Balaban J connectivity index is 2.00. The first-order valence-electron chi connectivity index (χ1n) is 9.14. The number of benzene rings is 1. The van der Waals surface area contributed by atoms with E-state index in [1.165, 1.54) is 0 Å². The Hall–Kier alpha value is -1.85. The maximum Gasteiger partial charge on any atom is 0.220 e. The summed E-state index contributed by atoms with van der Waals surface area (Å²) in [4.78, 5) is 14.7. The molecule has 0 saturated heterocycles. The Morgan fingerprint density at radius 2 is 1.96 bits per heavy atom. The Morgan fingerprint density at radius 3 is 2.54 bits per heavy atom. The number of carbonyl (C=O) groups is 1. The number of amides is 1. The van der Waals surface area contributed by atoms with Gasteiger partial charge in [0.25, 0.3) is 0 Å². The lowest BCUT2D eigenvalue weighted by atomic mass is 10.0. The molecule has 1 atom stereocenters. The molecule has 0 aliphatic carbocycles. The van der Waals surface area contributed by atoms with Crippen LogP contribution in [0.15, 0.2) is 28.8 Å². The number of nitrogens with zero attached hydrogens (tertiary/aromatic N) is 2. The molecule has 1 amide bonds. The van der Waals surface area contributed by atoms with E-state index < -0.39 is 0 Å². The van der Waals surface area contributed by atoms with Crippen molar-refractivity contribution in [2.75, 3.05) is 19.6 Å². The molecule has 142 valence electrons. The van der Waals surface area contributed by atoms with Crippen molar-refractivity contribution >= 4 is 17.5 Å². The normalized spacial score (nSPS) is 12.4. The molecule has 0 spiro atoms. The van der Waals surface area contributed by atoms with E-state index >= 15 is 0 Å². The van der Waals surface area contributed by atoms with Crippen molar-refractivity contribution < 1.29 is 9.32 Å². The minimum atomic E-state index is 0.0224. The molecule has 0 fully saturated rings. The summed E-state index contributed by atoms with van der Waals surface area (Å²) in [5.74, 6) is 0.807. The molecule has 0 aliphatic heterocycles. The summed E-state index contributed by atoms with van der Waals surface area (Å²) in [5.41, 5.74) is 2.92. The summed E-state index contributed by atoms with van der Waals surface area (Å²) in [6.45, 7) is 10.3. The molecule has 5 nitrogen and oxygen atoms in total. The fourth-order valence-corrected chi connectivity index (χ4v) is 3.50. The van der Waals surface area contributed by atoms with Crippen molar-refractivity contribution in [2.45, 2.75) is 46.6 Å². The number of hydrogen-bond donors (Lipinski definition) is 1. The maximum absolute atomic E-state index is 12.4. The Morgan fingerprint density at radius 1 is 1.27 bits per heavy atom. The van der Waals surface area contributed by atoms with Gasteiger partial charge in [0, 0.05) is 23.6 Å². The van der Waals surface area contributed by atoms with E-state index in [9.17, 15) is 4.79 Å². The van der Waals surface area contributed by atoms with Crippen molar-refractivity contribution in [1.29, 1.82) is 0 Å². The zero-order chi connectivity index (χ0) is 19.1. The van der Waals surface area contributed by atoms with Crippen LogP contribution in [0.2, 0.25) is 5.02 Å². The number of aryl methyl sites for hydroxylation is 2. The number of rotatable bonds is 9. The predicted molar refractivity (Wildman–Crippen MR) is 104 cm³/mol. The standard InChI is InChI=1S/C20H28ClN3O2/c1-5-24(6-2)19(17-9-7-8-10-18(17)21)13-22-20(25)12-11-16-14(3)23-26-15(16)4/h7-10,19H,5-6,11-13H2,1-4H3,(H,22,25)/t19-/m1/s1. The zero-order valence-corrected chi connectivity index (χ0v) is 16.8. The van der Waals surface area contributed by atoms with Crippen molar-refractivity contribution in [3.63, 3.8) is 0 Å². The lowest BCUT2D eigenvalue weighted by Crippen LogP contribution is -2.38. The molecule has 0 bridgehead atoms. The molecule has 0 radical (unpaired) electrons. The van der Waals surface area contributed by atoms with E-state index in [4.69, 9.17) is 16.1 Å². The molecule has 1 N–H and O–H groups in total. The summed E-state index contributed by atoms with van der Waals surface area (Å²) in [7, 11) is 0. The first-order valence-corrected chi connectivity index (χ1v) is 9.52. The summed E-state index contributed by atoms with van der Waals surface area (Å²) in [6, 6.07) is 7.89. The lowest BCUT2D eigenvalue weighted by Gasteiger charge is -2.31. The number of hydrogen-bond acceptors (Lipinski definition) is 4. The average Bonchev–Trinajstić information content (AvgIpc) is 2.95. The summed E-state index contributed by atoms with van der Waals surface area (Å²) in [5, 5.41) is 7.73.